The van der Waals surface area contributed by atoms with Gasteiger partial charge in [-0.3, -0.25) is 4.79 Å². The summed E-state index contributed by atoms with van der Waals surface area (Å²) in [4.78, 5) is 12.4. The number of hydrogen-bond donors (Lipinski definition) is 1. The van der Waals surface area contributed by atoms with Crippen LogP contribution in [0.25, 0.3) is 5.57 Å². The quantitative estimate of drug-likeness (QED) is 0.787. The first-order valence-corrected chi connectivity index (χ1v) is 7.01. The number of hydrogen-bond acceptors (Lipinski definition) is 2. The van der Waals surface area contributed by atoms with Crippen LogP contribution >= 0.6 is 0 Å². The summed E-state index contributed by atoms with van der Waals surface area (Å²) in [5.41, 5.74) is 2.69. The van der Waals surface area contributed by atoms with Gasteiger partial charge in [0.1, 0.15) is 5.76 Å². The van der Waals surface area contributed by atoms with Crippen molar-refractivity contribution in [3.63, 3.8) is 0 Å². The maximum Gasteiger partial charge on any atom is 0.256 e. The SMILES string of the molecule is CC.[2H]N1C(=O)C(c2c(C)cccc2C)=C(OC)C1(C)C.[CH3-].[Y]. The van der Waals surface area contributed by atoms with Crippen LogP contribution in [0.15, 0.2) is 24.0 Å². The van der Waals surface area contributed by atoms with E-state index < -0.39 is 5.54 Å². The molecule has 1 amide bonds. The molecule has 0 saturated carbocycles. The zero-order valence-corrected chi connectivity index (χ0v) is 17.9. The average Bonchev–Trinajstić information content (AvgIpc) is 2.62. The molecule has 4 heteroatoms. The van der Waals surface area contributed by atoms with Crippen LogP contribution in [-0.2, 0) is 42.2 Å². The molecule has 0 unspecified atom stereocenters. The van der Waals surface area contributed by atoms with E-state index >= 15 is 0 Å². The Balaban J connectivity index is 0. The molecule has 1 N–H and O–H groups in total. The molecular weight excluding hydrogens is 351 g/mol. The van der Waals surface area contributed by atoms with Crippen LogP contribution in [0.3, 0.4) is 0 Å². The van der Waals surface area contributed by atoms with Gasteiger partial charge in [-0.05, 0) is 44.4 Å². The van der Waals surface area contributed by atoms with Crippen molar-refractivity contribution in [1.29, 1.82) is 0 Å². The normalized spacial score (nSPS) is 16.0. The molecular formula is C18H28NO2Y-. The van der Waals surface area contributed by atoms with Gasteiger partial charge >= 0.3 is 0 Å². The van der Waals surface area contributed by atoms with E-state index in [1.54, 1.807) is 7.11 Å². The van der Waals surface area contributed by atoms with E-state index in [0.717, 1.165) is 22.0 Å². The summed E-state index contributed by atoms with van der Waals surface area (Å²) in [6.45, 7) is 11.6. The number of carbonyl (C=O) groups is 1. The Morgan fingerprint density at radius 1 is 1.18 bits per heavy atom. The van der Waals surface area contributed by atoms with Gasteiger partial charge in [0.15, 0.2) is 1.41 Å². The predicted molar refractivity (Wildman–Crippen MR) is 89.8 cm³/mol. The molecule has 22 heavy (non-hydrogen) atoms. The van der Waals surface area contributed by atoms with Crippen LogP contribution in [-0.4, -0.2) is 18.6 Å². The molecule has 0 saturated heterocycles. The topological polar surface area (TPSA) is 38.3 Å². The standard InChI is InChI=1S/C15H19NO2.C2H6.CH3.Y/c1-9-7-6-8-10(2)11(9)12-13(18-5)15(3,4)16-14(12)17;1-2;;/h6-8H,1-5H3,(H,16,17);1-2H3;1H3;/q;;-1;/i/hD. The number of benzene rings is 1. The molecule has 0 bridgehead atoms. The van der Waals surface area contributed by atoms with E-state index in [9.17, 15) is 4.79 Å². The van der Waals surface area contributed by atoms with Crippen molar-refractivity contribution in [3.05, 3.63) is 48.1 Å². The van der Waals surface area contributed by atoms with Crippen LogP contribution in [0.4, 0.5) is 0 Å². The van der Waals surface area contributed by atoms with E-state index in [0.29, 0.717) is 11.3 Å². The van der Waals surface area contributed by atoms with Gasteiger partial charge in [-0.15, -0.1) is 0 Å². The Labute approximate surface area is 162 Å². The number of methoxy groups -OCH3 is 1. The third kappa shape index (κ3) is 4.42. The van der Waals surface area contributed by atoms with Gasteiger partial charge in [0.25, 0.3) is 5.91 Å². The van der Waals surface area contributed by atoms with Gasteiger partial charge in [-0.25, -0.2) is 0 Å². The molecule has 0 aromatic heterocycles. The number of carbonyl (C=O) groups excluding carboxylic acids is 1. The van der Waals surface area contributed by atoms with Gasteiger partial charge in [-0.2, -0.15) is 0 Å². The van der Waals surface area contributed by atoms with Crippen LogP contribution in [0, 0.1) is 21.3 Å². The average molecular weight is 380 g/mol. The maximum absolute atomic E-state index is 12.4. The summed E-state index contributed by atoms with van der Waals surface area (Å²) in [5.74, 6) is 0.254. The largest absolute Gasteiger partial charge is 0.498 e. The second-order valence-corrected chi connectivity index (χ2v) is 5.15. The molecule has 1 aromatic carbocycles. The maximum atomic E-state index is 12.4. The van der Waals surface area contributed by atoms with Crippen molar-refractivity contribution >= 4 is 11.5 Å². The van der Waals surface area contributed by atoms with Crippen LogP contribution < -0.4 is 5.31 Å². The van der Waals surface area contributed by atoms with E-state index in [-0.39, 0.29) is 46.0 Å². The molecule has 121 valence electrons. The summed E-state index contributed by atoms with van der Waals surface area (Å²) >= 11 is 0. The molecule has 1 aromatic rings. The third-order valence-electron chi connectivity index (χ3n) is 3.31. The molecule has 3 nitrogen and oxygen atoms in total. The van der Waals surface area contributed by atoms with Crippen LogP contribution in [0.2, 0.25) is 1.41 Å². The minimum absolute atomic E-state index is 0. The van der Waals surface area contributed by atoms with Gasteiger partial charge in [0.05, 0.1) is 18.2 Å². The molecule has 0 aliphatic carbocycles. The molecule has 2 rings (SSSR count). The number of rotatable bonds is 2. The van der Waals surface area contributed by atoms with Crippen molar-refractivity contribution < 1.29 is 43.7 Å². The molecule has 1 aliphatic rings. The van der Waals surface area contributed by atoms with Gasteiger partial charge in [-0.1, -0.05) is 32.0 Å². The predicted octanol–water partition coefficient (Wildman–Crippen LogP) is 4.04. The molecule has 0 atom stereocenters. The number of ether oxygens (including phenoxy) is 1. The molecule has 0 spiro atoms. The smallest absolute Gasteiger partial charge is 0.256 e. The Kier molecular flexibility index (Phi) is 9.18. The number of nitrogens with one attached hydrogen (secondary N) is 1. The van der Waals surface area contributed by atoms with Crippen molar-refractivity contribution in [2.45, 2.75) is 47.1 Å². The van der Waals surface area contributed by atoms with Gasteiger partial charge < -0.3 is 17.5 Å². The van der Waals surface area contributed by atoms with E-state index in [1.807, 2.05) is 59.7 Å². The fourth-order valence-electron chi connectivity index (χ4n) is 2.54. The fourth-order valence-corrected chi connectivity index (χ4v) is 2.54. The van der Waals surface area contributed by atoms with Crippen molar-refractivity contribution in [2.75, 3.05) is 7.11 Å². The number of aryl methyl sites for hydroxylation is 2. The Hall–Kier alpha value is -0.666. The second-order valence-electron chi connectivity index (χ2n) is 5.15. The summed E-state index contributed by atoms with van der Waals surface area (Å²) in [5, 5.41) is 0.993. The monoisotopic (exact) mass is 380 g/mol. The first-order valence-electron chi connectivity index (χ1n) is 7.45. The Morgan fingerprint density at radius 2 is 1.64 bits per heavy atom. The molecule has 1 heterocycles. The summed E-state index contributed by atoms with van der Waals surface area (Å²) in [6.07, 6.45) is 0. The summed E-state index contributed by atoms with van der Waals surface area (Å²) in [7, 11) is 1.55. The first-order chi connectivity index (χ1) is 9.82. The van der Waals surface area contributed by atoms with E-state index in [2.05, 4.69) is 0 Å². The van der Waals surface area contributed by atoms with Crippen LogP contribution in [0.5, 0.6) is 0 Å². The zero-order chi connectivity index (χ0) is 16.4. The fraction of sp³-hybridized carbons (Fsp3) is 0.444. The zero-order valence-electron chi connectivity index (χ0n) is 16.1. The first kappa shape index (κ1) is 21.3. The van der Waals surface area contributed by atoms with E-state index in [1.165, 1.54) is 0 Å². The van der Waals surface area contributed by atoms with Gasteiger partial charge in [0.2, 0.25) is 0 Å². The minimum atomic E-state index is -0.740. The van der Waals surface area contributed by atoms with Gasteiger partial charge in [0, 0.05) is 32.7 Å². The Bertz CT molecular complexity index is 562. The van der Waals surface area contributed by atoms with Crippen molar-refractivity contribution in [1.82, 2.24) is 5.31 Å². The number of amides is 1. The molecule has 1 aliphatic heterocycles. The van der Waals surface area contributed by atoms with Crippen LogP contribution in [0.1, 0.15) is 44.4 Å². The summed E-state index contributed by atoms with van der Waals surface area (Å²) < 4.78 is 13.4. The third-order valence-corrected chi connectivity index (χ3v) is 3.31. The van der Waals surface area contributed by atoms with Crippen molar-refractivity contribution in [2.24, 2.45) is 0 Å². The van der Waals surface area contributed by atoms with Crippen molar-refractivity contribution in [3.8, 4) is 0 Å². The molecule has 1 radical (unpaired) electrons. The molecule has 0 fully saturated rings. The second kappa shape index (κ2) is 9.47. The minimum Gasteiger partial charge on any atom is -0.498 e. The Morgan fingerprint density at radius 3 is 2.05 bits per heavy atom. The van der Waals surface area contributed by atoms with E-state index in [4.69, 9.17) is 6.15 Å². The summed E-state index contributed by atoms with van der Waals surface area (Å²) in [6, 6.07) is 5.90.